The molecule has 0 radical (unpaired) electrons. The Hall–Kier alpha value is -3.34. The van der Waals surface area contributed by atoms with E-state index in [9.17, 15) is 9.90 Å². The monoisotopic (exact) mass is 367 g/mol. The van der Waals surface area contributed by atoms with Crippen molar-refractivity contribution in [3.8, 4) is 11.5 Å². The van der Waals surface area contributed by atoms with E-state index < -0.39 is 5.97 Å². The Balaban J connectivity index is 2.23. The molecule has 2 aromatic rings. The third-order valence-corrected chi connectivity index (χ3v) is 3.86. The first-order chi connectivity index (χ1) is 13.1. The van der Waals surface area contributed by atoms with Gasteiger partial charge in [-0.1, -0.05) is 49.1 Å². The van der Waals surface area contributed by atoms with E-state index in [2.05, 4.69) is 13.2 Å². The van der Waals surface area contributed by atoms with Gasteiger partial charge in [0.05, 0.1) is 18.7 Å². The van der Waals surface area contributed by atoms with Gasteiger partial charge in [-0.05, 0) is 18.6 Å². The van der Waals surface area contributed by atoms with Crippen LogP contribution in [0.4, 0.5) is 0 Å². The van der Waals surface area contributed by atoms with Crippen LogP contribution in [0, 0.1) is 0 Å². The van der Waals surface area contributed by atoms with Gasteiger partial charge in [0.25, 0.3) is 5.75 Å². The number of aromatic hydroxyl groups is 1. The van der Waals surface area contributed by atoms with Crippen molar-refractivity contribution >= 4 is 5.97 Å². The van der Waals surface area contributed by atoms with Crippen LogP contribution in [0.5, 0.6) is 11.5 Å². The maximum Gasteiger partial charge on any atom is 0.381 e. The fourth-order valence-electron chi connectivity index (χ4n) is 2.46. The van der Waals surface area contributed by atoms with Gasteiger partial charge >= 0.3 is 17.5 Å². The highest BCUT2D eigenvalue weighted by molar-refractivity contribution is 5.89. The zero-order chi connectivity index (χ0) is 19.6. The summed E-state index contributed by atoms with van der Waals surface area (Å²) in [7, 11) is 1.44. The molecule has 1 aromatic carbocycles. The number of esters is 1. The number of hydrogen-bond donors (Lipinski definition) is 1. The van der Waals surface area contributed by atoms with Gasteiger partial charge in [-0.25, -0.2) is 9.21 Å². The molecule has 1 atom stereocenters. The summed E-state index contributed by atoms with van der Waals surface area (Å²) in [5.74, 6) is 0.0369. The van der Waals surface area contributed by atoms with Crippen LogP contribution in [0.15, 0.2) is 78.3 Å². The fraction of sp³-hybridized carbons (Fsp3) is 0.182. The second kappa shape index (κ2) is 9.97. The molecule has 1 unspecified atom stereocenters. The maximum absolute atomic E-state index is 12.1. The average Bonchev–Trinajstić information content (AvgIpc) is 2.71. The molecule has 0 aliphatic rings. The lowest BCUT2D eigenvalue weighted by molar-refractivity contribution is 0.0439. The van der Waals surface area contributed by atoms with Gasteiger partial charge in [0.15, 0.2) is 5.75 Å². The third-order valence-electron chi connectivity index (χ3n) is 3.86. The molecule has 2 rings (SSSR count). The molecule has 27 heavy (non-hydrogen) atoms. The van der Waals surface area contributed by atoms with Crippen LogP contribution in [0.3, 0.4) is 0 Å². The highest BCUT2D eigenvalue weighted by Crippen LogP contribution is 2.38. The third kappa shape index (κ3) is 5.31. The van der Waals surface area contributed by atoms with Gasteiger partial charge in [0.1, 0.15) is 5.92 Å². The number of ether oxygens (including phenoxy) is 2. The van der Waals surface area contributed by atoms with E-state index in [1.807, 2.05) is 12.1 Å². The van der Waals surface area contributed by atoms with E-state index >= 15 is 0 Å². The molecule has 0 spiro atoms. The predicted octanol–water partition coefficient (Wildman–Crippen LogP) is 5.03. The summed E-state index contributed by atoms with van der Waals surface area (Å²) in [4.78, 5) is 12.1. The van der Waals surface area contributed by atoms with Gasteiger partial charge in [-0.3, -0.25) is 0 Å². The first-order valence-corrected chi connectivity index (χ1v) is 8.45. The maximum atomic E-state index is 12.1. The number of benzene rings is 1. The van der Waals surface area contributed by atoms with Crippen molar-refractivity contribution in [2.24, 2.45) is 0 Å². The van der Waals surface area contributed by atoms with Crippen molar-refractivity contribution in [1.29, 1.82) is 0 Å². The lowest BCUT2D eigenvalue weighted by atomic mass is 10.0. The minimum atomic E-state index is -0.464. The second-order valence-electron chi connectivity index (χ2n) is 5.68. The first kappa shape index (κ1) is 20.0. The number of rotatable bonds is 9. The minimum absolute atomic E-state index is 0.0935. The summed E-state index contributed by atoms with van der Waals surface area (Å²) in [6.07, 6.45) is 7.59. The zero-order valence-electron chi connectivity index (χ0n) is 15.3. The molecule has 140 valence electrons. The molecule has 0 amide bonds. The van der Waals surface area contributed by atoms with Crippen molar-refractivity contribution in [3.05, 3.63) is 90.9 Å². The SMILES string of the molecule is C=C/C=C/CC(C=C)c1[o+]c(COC(=O)c2ccccc2)cc(OC)c1O. The summed E-state index contributed by atoms with van der Waals surface area (Å²) < 4.78 is 16.3. The summed E-state index contributed by atoms with van der Waals surface area (Å²) in [6, 6.07) is 10.2. The van der Waals surface area contributed by atoms with Crippen LogP contribution in [0.1, 0.15) is 34.2 Å². The van der Waals surface area contributed by atoms with Crippen molar-refractivity contribution < 1.29 is 23.8 Å². The molecule has 5 heteroatoms. The number of allylic oxidation sites excluding steroid dienone is 4. The molecular weight excluding hydrogens is 344 g/mol. The fourth-order valence-corrected chi connectivity index (χ4v) is 2.46. The Bertz CT molecular complexity index is 824. The van der Waals surface area contributed by atoms with Crippen molar-refractivity contribution in [1.82, 2.24) is 0 Å². The summed E-state index contributed by atoms with van der Waals surface area (Å²) in [5, 5.41) is 10.4. The highest BCUT2D eigenvalue weighted by Gasteiger charge is 2.31. The van der Waals surface area contributed by atoms with Gasteiger partial charge in [0.2, 0.25) is 6.61 Å². The Morgan fingerprint density at radius 2 is 2.04 bits per heavy atom. The van der Waals surface area contributed by atoms with E-state index in [1.54, 1.807) is 42.5 Å². The standard InChI is InChI=1S/C22H22O5/c1-4-6-8-11-16(5-2)21-20(23)19(25-3)14-18(27-21)15-26-22(24)17-12-9-7-10-13-17/h4-10,12-14,16H,1-2,11,15H2,3H3/p+1/b8-6+. The molecule has 5 nitrogen and oxygen atoms in total. The van der Waals surface area contributed by atoms with Crippen LogP contribution in [0.25, 0.3) is 0 Å². The average molecular weight is 367 g/mol. The van der Waals surface area contributed by atoms with E-state index in [0.717, 1.165) is 0 Å². The Labute approximate surface area is 158 Å². The molecule has 0 aliphatic heterocycles. The minimum Gasteiger partial charge on any atom is -0.498 e. The van der Waals surface area contributed by atoms with Crippen molar-refractivity contribution in [2.75, 3.05) is 7.11 Å². The van der Waals surface area contributed by atoms with Crippen LogP contribution in [0.2, 0.25) is 0 Å². The molecule has 0 aliphatic carbocycles. The molecule has 1 N–H and O–H groups in total. The van der Waals surface area contributed by atoms with Crippen molar-refractivity contribution in [2.45, 2.75) is 18.9 Å². The van der Waals surface area contributed by atoms with Gasteiger partial charge < -0.3 is 14.6 Å². The number of carbonyl (C=O) groups excluding carboxylic acids is 1. The smallest absolute Gasteiger partial charge is 0.381 e. The van der Waals surface area contributed by atoms with Crippen LogP contribution >= 0.6 is 0 Å². The molecule has 0 saturated carbocycles. The van der Waals surface area contributed by atoms with Gasteiger partial charge in [-0.15, -0.1) is 6.58 Å². The quantitative estimate of drug-likeness (QED) is 0.291. The predicted molar refractivity (Wildman–Crippen MR) is 104 cm³/mol. The second-order valence-corrected chi connectivity index (χ2v) is 5.68. The van der Waals surface area contributed by atoms with Crippen LogP contribution < -0.4 is 4.74 Å². The number of hydrogen-bond acceptors (Lipinski definition) is 4. The van der Waals surface area contributed by atoms with E-state index in [1.165, 1.54) is 13.2 Å². The first-order valence-electron chi connectivity index (χ1n) is 8.45. The lowest BCUT2D eigenvalue weighted by Crippen LogP contribution is -2.06. The number of carbonyl (C=O) groups is 1. The summed E-state index contributed by atoms with van der Waals surface area (Å²) in [6.45, 7) is 7.33. The Morgan fingerprint density at radius 1 is 1.30 bits per heavy atom. The van der Waals surface area contributed by atoms with Crippen LogP contribution in [-0.4, -0.2) is 18.2 Å². The molecule has 1 aromatic heterocycles. The van der Waals surface area contributed by atoms with E-state index in [-0.39, 0.29) is 24.0 Å². The summed E-state index contributed by atoms with van der Waals surface area (Å²) >= 11 is 0. The molecule has 0 bridgehead atoms. The molecule has 0 saturated heterocycles. The topological polar surface area (TPSA) is 67.1 Å². The normalized spacial score (nSPS) is 11.7. The zero-order valence-corrected chi connectivity index (χ0v) is 15.3. The molecule has 0 fully saturated rings. The lowest BCUT2D eigenvalue weighted by Gasteiger charge is -2.07. The summed E-state index contributed by atoms with van der Waals surface area (Å²) in [5.41, 5.74) is 0.446. The van der Waals surface area contributed by atoms with E-state index in [0.29, 0.717) is 23.5 Å². The molecular formula is C22H23O5+. The van der Waals surface area contributed by atoms with Crippen LogP contribution in [-0.2, 0) is 11.3 Å². The Morgan fingerprint density at radius 3 is 2.67 bits per heavy atom. The molecule has 1 heterocycles. The number of methoxy groups -OCH3 is 1. The largest absolute Gasteiger partial charge is 0.498 e. The Kier molecular flexibility index (Phi) is 7.37. The highest BCUT2D eigenvalue weighted by atomic mass is 16.5. The van der Waals surface area contributed by atoms with Gasteiger partial charge in [-0.2, -0.15) is 0 Å². The van der Waals surface area contributed by atoms with E-state index in [4.69, 9.17) is 13.9 Å². The van der Waals surface area contributed by atoms with Gasteiger partial charge in [0, 0.05) is 0 Å². The van der Waals surface area contributed by atoms with Crippen molar-refractivity contribution in [3.63, 3.8) is 0 Å².